The molecule has 3 rings (SSSR count). The quantitative estimate of drug-likeness (QED) is 0.846. The van der Waals surface area contributed by atoms with Crippen LogP contribution in [0.15, 0.2) is 24.3 Å². The predicted molar refractivity (Wildman–Crippen MR) is 65.0 cm³/mol. The normalized spacial score (nSPS) is 25.5. The summed E-state index contributed by atoms with van der Waals surface area (Å²) in [6.45, 7) is 0.783. The van der Waals surface area contributed by atoms with Gasteiger partial charge in [0.05, 0.1) is 12.5 Å². The summed E-state index contributed by atoms with van der Waals surface area (Å²) in [4.78, 5) is 11.9. The van der Waals surface area contributed by atoms with E-state index in [-0.39, 0.29) is 11.3 Å². The van der Waals surface area contributed by atoms with E-state index in [2.05, 4.69) is 17.4 Å². The Hall–Kier alpha value is -1.51. The molecule has 1 aromatic rings. The molecule has 0 unspecified atom stereocenters. The van der Waals surface area contributed by atoms with E-state index in [4.69, 9.17) is 4.74 Å². The van der Waals surface area contributed by atoms with Crippen LogP contribution in [-0.2, 0) is 4.79 Å². The lowest BCUT2D eigenvalue weighted by atomic mass is 9.61. The maximum atomic E-state index is 11.9. The second-order valence-corrected chi connectivity index (χ2v) is 5.05. The van der Waals surface area contributed by atoms with Gasteiger partial charge in [0, 0.05) is 12.5 Å². The van der Waals surface area contributed by atoms with Gasteiger partial charge >= 0.3 is 0 Å². The summed E-state index contributed by atoms with van der Waals surface area (Å²) in [6, 6.07) is 8.13. The van der Waals surface area contributed by atoms with Crippen LogP contribution in [0.25, 0.3) is 0 Å². The van der Waals surface area contributed by atoms with Crippen molar-refractivity contribution < 1.29 is 9.53 Å². The molecule has 0 aromatic heterocycles. The van der Waals surface area contributed by atoms with Gasteiger partial charge in [-0.3, -0.25) is 4.79 Å². The van der Waals surface area contributed by atoms with Gasteiger partial charge < -0.3 is 10.1 Å². The molecule has 0 radical (unpaired) electrons. The highest BCUT2D eigenvalue weighted by molar-refractivity contribution is 5.87. The van der Waals surface area contributed by atoms with Gasteiger partial charge in [0.25, 0.3) is 0 Å². The number of methoxy groups -OCH3 is 1. The summed E-state index contributed by atoms with van der Waals surface area (Å²) in [5, 5.41) is 3.02. The highest BCUT2D eigenvalue weighted by atomic mass is 16.5. The molecule has 0 bridgehead atoms. The third-order valence-electron chi connectivity index (χ3n) is 4.35. The summed E-state index contributed by atoms with van der Waals surface area (Å²) in [5.74, 6) is 1.47. The second kappa shape index (κ2) is 3.76. The monoisotopic (exact) mass is 231 g/mol. The van der Waals surface area contributed by atoms with Gasteiger partial charge in [-0.25, -0.2) is 0 Å². The van der Waals surface area contributed by atoms with Crippen molar-refractivity contribution in [1.82, 2.24) is 5.32 Å². The van der Waals surface area contributed by atoms with Gasteiger partial charge in [-0.05, 0) is 30.5 Å². The second-order valence-electron chi connectivity index (χ2n) is 5.05. The summed E-state index contributed by atoms with van der Waals surface area (Å²) >= 11 is 0. The van der Waals surface area contributed by atoms with Crippen molar-refractivity contribution in [2.45, 2.75) is 25.2 Å². The minimum atomic E-state index is -0.103. The van der Waals surface area contributed by atoms with Crippen LogP contribution in [0.3, 0.4) is 0 Å². The third kappa shape index (κ3) is 1.45. The van der Waals surface area contributed by atoms with Crippen molar-refractivity contribution in [2.75, 3.05) is 13.7 Å². The maximum Gasteiger partial charge on any atom is 0.226 e. The smallest absolute Gasteiger partial charge is 0.226 e. The third-order valence-corrected chi connectivity index (χ3v) is 4.35. The number of carbonyl (C=O) groups is 1. The Bertz CT molecular complexity index is 434. The summed E-state index contributed by atoms with van der Waals surface area (Å²) < 4.78 is 5.16. The number of amides is 1. The first-order valence-corrected chi connectivity index (χ1v) is 6.18. The molecule has 1 spiro atoms. The van der Waals surface area contributed by atoms with Gasteiger partial charge in [0.15, 0.2) is 0 Å². The Balaban J connectivity index is 1.90. The maximum absolute atomic E-state index is 11.9. The standard InChI is InChI=1S/C14H17NO2/c1-17-11-5-3-10(4-6-11)12-9-15-13(16)14(12)7-2-8-14/h3-6,12H,2,7-9H2,1H3,(H,15,16)/t12-/m1/s1. The molecule has 1 aliphatic heterocycles. The van der Waals surface area contributed by atoms with Crippen LogP contribution >= 0.6 is 0 Å². The Kier molecular flexibility index (Phi) is 2.35. The van der Waals surface area contributed by atoms with E-state index in [1.807, 2.05) is 12.1 Å². The van der Waals surface area contributed by atoms with Crippen LogP contribution in [0.4, 0.5) is 0 Å². The van der Waals surface area contributed by atoms with Crippen molar-refractivity contribution in [3.8, 4) is 5.75 Å². The van der Waals surface area contributed by atoms with E-state index in [1.54, 1.807) is 7.11 Å². The van der Waals surface area contributed by atoms with Gasteiger partial charge in [0.2, 0.25) is 5.91 Å². The zero-order chi connectivity index (χ0) is 11.9. The molecule has 1 amide bonds. The van der Waals surface area contributed by atoms with Crippen molar-refractivity contribution in [2.24, 2.45) is 5.41 Å². The van der Waals surface area contributed by atoms with E-state index in [0.29, 0.717) is 5.92 Å². The van der Waals surface area contributed by atoms with E-state index < -0.39 is 0 Å². The van der Waals surface area contributed by atoms with E-state index in [0.717, 1.165) is 25.1 Å². The highest BCUT2D eigenvalue weighted by Gasteiger charge is 2.54. The number of carbonyl (C=O) groups excluding carboxylic acids is 1. The van der Waals surface area contributed by atoms with E-state index in [9.17, 15) is 4.79 Å². The first-order valence-electron chi connectivity index (χ1n) is 6.18. The minimum absolute atomic E-state index is 0.103. The van der Waals surface area contributed by atoms with Crippen molar-refractivity contribution in [3.05, 3.63) is 29.8 Å². The van der Waals surface area contributed by atoms with Gasteiger partial charge in [-0.15, -0.1) is 0 Å². The molecule has 90 valence electrons. The molecule has 1 aromatic carbocycles. The van der Waals surface area contributed by atoms with Gasteiger partial charge in [-0.1, -0.05) is 18.6 Å². The predicted octanol–water partition coefficient (Wildman–Crippen LogP) is 2.08. The molecular weight excluding hydrogens is 214 g/mol. The minimum Gasteiger partial charge on any atom is -0.497 e. The number of hydrogen-bond acceptors (Lipinski definition) is 2. The molecule has 1 saturated carbocycles. The number of rotatable bonds is 2. The fourth-order valence-corrected chi connectivity index (χ4v) is 3.13. The molecule has 17 heavy (non-hydrogen) atoms. The molecular formula is C14H17NO2. The molecule has 1 heterocycles. The average molecular weight is 231 g/mol. The lowest BCUT2D eigenvalue weighted by molar-refractivity contribution is -0.132. The summed E-state index contributed by atoms with van der Waals surface area (Å²) in [7, 11) is 1.67. The van der Waals surface area contributed by atoms with Crippen molar-refractivity contribution in [1.29, 1.82) is 0 Å². The molecule has 3 nitrogen and oxygen atoms in total. The van der Waals surface area contributed by atoms with Crippen LogP contribution in [0, 0.1) is 5.41 Å². The van der Waals surface area contributed by atoms with Crippen LogP contribution in [0.5, 0.6) is 5.75 Å². The molecule has 3 heteroatoms. The Morgan fingerprint density at radius 2 is 2.00 bits per heavy atom. The van der Waals surface area contributed by atoms with Crippen LogP contribution in [-0.4, -0.2) is 19.6 Å². The van der Waals surface area contributed by atoms with Crippen molar-refractivity contribution in [3.63, 3.8) is 0 Å². The van der Waals surface area contributed by atoms with Crippen LogP contribution in [0.1, 0.15) is 30.7 Å². The number of benzene rings is 1. The largest absolute Gasteiger partial charge is 0.497 e. The molecule has 1 atom stereocenters. The van der Waals surface area contributed by atoms with Crippen LogP contribution in [0.2, 0.25) is 0 Å². The highest BCUT2D eigenvalue weighted by Crippen LogP contribution is 2.54. The topological polar surface area (TPSA) is 38.3 Å². The van der Waals surface area contributed by atoms with Gasteiger partial charge in [-0.2, -0.15) is 0 Å². The van der Waals surface area contributed by atoms with E-state index >= 15 is 0 Å². The van der Waals surface area contributed by atoms with E-state index in [1.165, 1.54) is 12.0 Å². The Morgan fingerprint density at radius 3 is 2.53 bits per heavy atom. The number of ether oxygens (including phenoxy) is 1. The van der Waals surface area contributed by atoms with Crippen LogP contribution < -0.4 is 10.1 Å². The first-order chi connectivity index (χ1) is 8.26. The average Bonchev–Trinajstić information content (AvgIpc) is 2.66. The van der Waals surface area contributed by atoms with Gasteiger partial charge in [0.1, 0.15) is 5.75 Å². The summed E-state index contributed by atoms with van der Waals surface area (Å²) in [6.07, 6.45) is 3.26. The Morgan fingerprint density at radius 1 is 1.29 bits per heavy atom. The number of nitrogens with one attached hydrogen (secondary N) is 1. The molecule has 2 aliphatic rings. The fraction of sp³-hybridized carbons (Fsp3) is 0.500. The lowest BCUT2D eigenvalue weighted by Gasteiger charge is -2.40. The fourth-order valence-electron chi connectivity index (χ4n) is 3.13. The molecule has 1 saturated heterocycles. The zero-order valence-electron chi connectivity index (χ0n) is 10.0. The molecule has 1 aliphatic carbocycles. The lowest BCUT2D eigenvalue weighted by Crippen LogP contribution is -2.40. The zero-order valence-corrected chi connectivity index (χ0v) is 10.0. The number of hydrogen-bond donors (Lipinski definition) is 1. The van der Waals surface area contributed by atoms with Crippen molar-refractivity contribution >= 4 is 5.91 Å². The first kappa shape index (κ1) is 10.6. The summed E-state index contributed by atoms with van der Waals surface area (Å²) in [5.41, 5.74) is 1.15. The molecule has 2 fully saturated rings. The Labute approximate surface area is 101 Å². The molecule has 1 N–H and O–H groups in total. The SMILES string of the molecule is COc1ccc([C@H]2CNC(=O)C23CCC3)cc1.